The molecule has 0 saturated carbocycles. The van der Waals surface area contributed by atoms with E-state index >= 15 is 0 Å². The third-order valence-electron chi connectivity index (χ3n) is 4.87. The lowest BCUT2D eigenvalue weighted by Gasteiger charge is -2.06. The minimum Gasteiger partial charge on any atom is -0.395 e. The Balaban J connectivity index is 1.70. The zero-order chi connectivity index (χ0) is 22.1. The number of rotatable bonds is 3. The quantitative estimate of drug-likeness (QED) is 0.240. The molecule has 0 bridgehead atoms. The summed E-state index contributed by atoms with van der Waals surface area (Å²) in [4.78, 5) is 6.12. The van der Waals surface area contributed by atoms with Crippen LogP contribution in [0.25, 0.3) is 31.8 Å². The number of aromatic nitrogens is 2. The average molecular weight is 472 g/mol. The van der Waals surface area contributed by atoms with Crippen molar-refractivity contribution >= 4 is 44.2 Å². The predicted octanol–water partition coefficient (Wildman–Crippen LogP) is 6.91. The van der Waals surface area contributed by atoms with Crippen LogP contribution in [-0.2, 0) is 13.2 Å². The van der Waals surface area contributed by atoms with Gasteiger partial charge in [0, 0.05) is 34.2 Å². The number of hydrogen-bond donors (Lipinski definition) is 0. The molecule has 31 heavy (non-hydrogen) atoms. The second-order valence-corrected chi connectivity index (χ2v) is 9.18. The van der Waals surface area contributed by atoms with Gasteiger partial charge in [-0.05, 0) is 17.9 Å². The van der Waals surface area contributed by atoms with E-state index in [1.54, 1.807) is 11.6 Å². The first-order valence-electron chi connectivity index (χ1n) is 9.10. The maximum atomic E-state index is 13.4. The van der Waals surface area contributed by atoms with Crippen LogP contribution in [-0.4, -0.2) is 21.6 Å². The molecule has 3 heterocycles. The van der Waals surface area contributed by atoms with E-state index in [4.69, 9.17) is 0 Å². The fourth-order valence-corrected chi connectivity index (χ4v) is 5.90. The number of thioether (sulfide) groups is 1. The van der Waals surface area contributed by atoms with E-state index in [1.807, 2.05) is 6.92 Å². The molecule has 11 heteroatoms. The molecule has 0 radical (unpaired) electrons. The summed E-state index contributed by atoms with van der Waals surface area (Å²) in [6, 6.07) is 6.49. The standard InChI is InChI=1S/C20H13F5N2O2S2/c1-3-30-16-10-5-4-9(19(21,22)23)6-15(10)31-17(16)18-26-11-7-13-14(8-12(11)27(18)2)29-20(24,25)28-13/h4-8H,3H2,1-2H3. The predicted molar refractivity (Wildman–Crippen MR) is 109 cm³/mol. The number of halogens is 5. The summed E-state index contributed by atoms with van der Waals surface area (Å²) in [5, 5.41) is 0.723. The number of hydrogen-bond acceptors (Lipinski definition) is 5. The van der Waals surface area contributed by atoms with Crippen molar-refractivity contribution in [3.05, 3.63) is 35.9 Å². The summed E-state index contributed by atoms with van der Waals surface area (Å²) in [7, 11) is 1.72. The molecule has 0 unspecified atom stereocenters. The Kier molecular flexibility index (Phi) is 4.43. The topological polar surface area (TPSA) is 36.3 Å². The van der Waals surface area contributed by atoms with Gasteiger partial charge in [0.05, 0.1) is 21.5 Å². The van der Waals surface area contributed by atoms with Crippen molar-refractivity contribution in [3.63, 3.8) is 0 Å². The summed E-state index contributed by atoms with van der Waals surface area (Å²) in [5.74, 6) is 1.03. The Hall–Kier alpha value is -2.53. The molecule has 0 atom stereocenters. The van der Waals surface area contributed by atoms with E-state index in [0.29, 0.717) is 26.4 Å². The van der Waals surface area contributed by atoms with Crippen molar-refractivity contribution in [1.29, 1.82) is 0 Å². The second kappa shape index (κ2) is 6.73. The Morgan fingerprint density at radius 1 is 1.13 bits per heavy atom. The first kappa shape index (κ1) is 20.4. The number of imidazole rings is 1. The van der Waals surface area contributed by atoms with Crippen molar-refractivity contribution in [2.24, 2.45) is 7.05 Å². The number of aryl methyl sites for hydroxylation is 1. The van der Waals surface area contributed by atoms with E-state index in [0.717, 1.165) is 28.2 Å². The highest BCUT2D eigenvalue weighted by atomic mass is 32.2. The number of thiophene rings is 1. The van der Waals surface area contributed by atoms with Gasteiger partial charge in [-0.25, -0.2) is 4.98 Å². The van der Waals surface area contributed by atoms with Crippen molar-refractivity contribution < 1.29 is 31.4 Å². The molecular weight excluding hydrogens is 459 g/mol. The maximum Gasteiger partial charge on any atom is 0.586 e. The molecular formula is C20H13F5N2O2S2. The van der Waals surface area contributed by atoms with Crippen LogP contribution >= 0.6 is 23.1 Å². The van der Waals surface area contributed by atoms with E-state index < -0.39 is 18.0 Å². The lowest BCUT2D eigenvalue weighted by Crippen LogP contribution is -2.25. The monoisotopic (exact) mass is 472 g/mol. The molecule has 0 amide bonds. The molecule has 0 spiro atoms. The summed E-state index contributed by atoms with van der Waals surface area (Å²) >= 11 is 2.73. The van der Waals surface area contributed by atoms with Crippen LogP contribution in [0.4, 0.5) is 22.0 Å². The van der Waals surface area contributed by atoms with Crippen LogP contribution in [0.15, 0.2) is 35.2 Å². The summed E-state index contributed by atoms with van der Waals surface area (Å²) < 4.78 is 77.5. The van der Waals surface area contributed by atoms with Crippen molar-refractivity contribution in [3.8, 4) is 22.2 Å². The van der Waals surface area contributed by atoms with Gasteiger partial charge in [0.25, 0.3) is 0 Å². The fraction of sp³-hybridized carbons (Fsp3) is 0.250. The molecule has 0 saturated heterocycles. The minimum absolute atomic E-state index is 0.0960. The molecule has 5 rings (SSSR count). The Labute approximate surface area is 180 Å². The number of benzene rings is 2. The molecule has 4 aromatic rings. The molecule has 0 fully saturated rings. The first-order valence-corrected chi connectivity index (χ1v) is 10.9. The number of fused-ring (bicyclic) bond motifs is 3. The highest BCUT2D eigenvalue weighted by Crippen LogP contribution is 2.48. The lowest BCUT2D eigenvalue weighted by molar-refractivity contribution is -0.286. The van der Waals surface area contributed by atoms with Crippen LogP contribution in [0, 0.1) is 0 Å². The molecule has 1 aliphatic heterocycles. The van der Waals surface area contributed by atoms with Gasteiger partial charge in [-0.15, -0.1) is 31.9 Å². The van der Waals surface area contributed by atoms with E-state index in [-0.39, 0.29) is 11.5 Å². The van der Waals surface area contributed by atoms with Gasteiger partial charge >= 0.3 is 12.5 Å². The fourth-order valence-electron chi connectivity index (χ4n) is 3.52. The van der Waals surface area contributed by atoms with Crippen LogP contribution < -0.4 is 9.47 Å². The van der Waals surface area contributed by atoms with Gasteiger partial charge < -0.3 is 14.0 Å². The maximum absolute atomic E-state index is 13.4. The highest BCUT2D eigenvalue weighted by Gasteiger charge is 2.44. The molecule has 0 N–H and O–H groups in total. The highest BCUT2D eigenvalue weighted by molar-refractivity contribution is 7.99. The summed E-state index contributed by atoms with van der Waals surface area (Å²) in [6.45, 7) is 1.95. The second-order valence-electron chi connectivity index (χ2n) is 6.85. The van der Waals surface area contributed by atoms with Crippen LogP contribution in [0.5, 0.6) is 11.5 Å². The van der Waals surface area contributed by atoms with Gasteiger partial charge in [0.15, 0.2) is 17.3 Å². The first-order chi connectivity index (χ1) is 14.6. The third kappa shape index (κ3) is 3.30. The van der Waals surface area contributed by atoms with Gasteiger partial charge in [-0.2, -0.15) is 13.2 Å². The van der Waals surface area contributed by atoms with Crippen LogP contribution in [0.2, 0.25) is 0 Å². The summed E-state index contributed by atoms with van der Waals surface area (Å²) in [5.41, 5.74) is 0.242. The van der Waals surface area contributed by atoms with E-state index in [2.05, 4.69) is 14.5 Å². The SMILES string of the molecule is CCSc1c(-c2nc3cc4c(cc3n2C)OC(F)(F)O4)sc2cc(C(F)(F)F)ccc12. The van der Waals surface area contributed by atoms with E-state index in [1.165, 1.54) is 41.3 Å². The Bertz CT molecular complexity index is 1340. The van der Waals surface area contributed by atoms with Crippen molar-refractivity contribution in [1.82, 2.24) is 9.55 Å². The largest absolute Gasteiger partial charge is 0.586 e. The average Bonchev–Trinajstić information content (AvgIpc) is 3.29. The van der Waals surface area contributed by atoms with Gasteiger partial charge in [0.1, 0.15) is 0 Å². The van der Waals surface area contributed by atoms with Crippen molar-refractivity contribution in [2.75, 3.05) is 5.75 Å². The normalized spacial score (nSPS) is 15.3. The smallest absolute Gasteiger partial charge is 0.395 e. The van der Waals surface area contributed by atoms with Crippen LogP contribution in [0.3, 0.4) is 0 Å². The minimum atomic E-state index is -4.43. The van der Waals surface area contributed by atoms with Gasteiger partial charge in [-0.1, -0.05) is 13.0 Å². The Morgan fingerprint density at radius 3 is 2.52 bits per heavy atom. The zero-order valence-electron chi connectivity index (χ0n) is 16.0. The van der Waals surface area contributed by atoms with Gasteiger partial charge in [-0.3, -0.25) is 0 Å². The number of nitrogens with zero attached hydrogens (tertiary/aromatic N) is 2. The number of alkyl halides is 5. The number of ether oxygens (including phenoxy) is 2. The molecule has 2 aromatic carbocycles. The Morgan fingerprint density at radius 2 is 1.84 bits per heavy atom. The zero-order valence-corrected chi connectivity index (χ0v) is 17.6. The lowest BCUT2D eigenvalue weighted by atomic mass is 10.1. The van der Waals surface area contributed by atoms with Gasteiger partial charge in [0.2, 0.25) is 0 Å². The van der Waals surface area contributed by atoms with Crippen molar-refractivity contribution in [2.45, 2.75) is 24.3 Å². The molecule has 4 nitrogen and oxygen atoms in total. The molecule has 0 aliphatic carbocycles. The third-order valence-corrected chi connectivity index (χ3v) is 7.15. The molecule has 1 aliphatic rings. The van der Waals surface area contributed by atoms with Crippen LogP contribution in [0.1, 0.15) is 12.5 Å². The molecule has 162 valence electrons. The van der Waals surface area contributed by atoms with E-state index in [9.17, 15) is 22.0 Å². The molecule has 2 aromatic heterocycles. The summed E-state index contributed by atoms with van der Waals surface area (Å²) in [6.07, 6.45) is -8.16.